The predicted molar refractivity (Wildman–Crippen MR) is 107 cm³/mol. The molecule has 162 valence electrons. The first-order valence-corrected chi connectivity index (χ1v) is 12.2. The maximum Gasteiger partial charge on any atom is 0.343 e. The van der Waals surface area contributed by atoms with Crippen molar-refractivity contribution in [1.29, 1.82) is 0 Å². The van der Waals surface area contributed by atoms with Gasteiger partial charge in [-0.25, -0.2) is 4.79 Å². The molecule has 7 heteroatoms. The number of aliphatic hydroxyl groups is 1. The third-order valence-corrected chi connectivity index (χ3v) is 5.72. The molecule has 0 saturated carbocycles. The summed E-state index contributed by atoms with van der Waals surface area (Å²) >= 11 is 0. The van der Waals surface area contributed by atoms with Crippen LogP contribution in [0.15, 0.2) is 0 Å². The van der Waals surface area contributed by atoms with E-state index >= 15 is 0 Å². The molecule has 0 aromatic carbocycles. The Balaban J connectivity index is 3.30. The molecule has 0 rings (SSSR count). The molecule has 0 saturated heterocycles. The van der Waals surface area contributed by atoms with Crippen LogP contribution in [0.2, 0.25) is 0 Å². The smallest absolute Gasteiger partial charge is 0.343 e. The second-order valence-corrected chi connectivity index (χ2v) is 9.12. The zero-order valence-electron chi connectivity index (χ0n) is 17.3. The van der Waals surface area contributed by atoms with Crippen LogP contribution in [-0.4, -0.2) is 24.9 Å². The summed E-state index contributed by atoms with van der Waals surface area (Å²) in [6.45, 7) is 3.27. The van der Waals surface area contributed by atoms with Crippen LogP contribution >= 0.6 is 0 Å². The first kappa shape index (κ1) is 26.3. The van der Waals surface area contributed by atoms with Gasteiger partial charge in [0.15, 0.2) is 5.44 Å². The van der Waals surface area contributed by atoms with Gasteiger partial charge in [-0.05, 0) is 17.7 Å². The van der Waals surface area contributed by atoms with Crippen LogP contribution in [0, 0.1) is 0 Å². The largest absolute Gasteiger partial charge is 0.375 e. The molecule has 0 heterocycles. The number of carbonyl (C=O) groups is 1. The van der Waals surface area contributed by atoms with E-state index in [2.05, 4.69) is 16.1 Å². The van der Waals surface area contributed by atoms with Crippen LogP contribution in [0.25, 0.3) is 0 Å². The lowest BCUT2D eigenvalue weighted by Gasteiger charge is -2.06. The van der Waals surface area contributed by atoms with Gasteiger partial charge in [0.2, 0.25) is 0 Å². The fourth-order valence-corrected chi connectivity index (χ4v) is 3.11. The molecule has 6 nitrogen and oxygen atoms in total. The van der Waals surface area contributed by atoms with E-state index in [1.165, 1.54) is 77.0 Å². The highest BCUT2D eigenvalue weighted by Gasteiger charge is 2.22. The van der Waals surface area contributed by atoms with Crippen molar-refractivity contribution in [2.45, 2.75) is 122 Å². The molecule has 0 aliphatic rings. The van der Waals surface area contributed by atoms with E-state index in [0.717, 1.165) is 19.8 Å². The number of hydrogen-bond donors (Lipinski definition) is 1. The fourth-order valence-electron chi connectivity index (χ4n) is 2.82. The summed E-state index contributed by atoms with van der Waals surface area (Å²) < 4.78 is 26.2. The average Bonchev–Trinajstić information content (AvgIpc) is 2.63. The summed E-state index contributed by atoms with van der Waals surface area (Å²) in [6, 6.07) is 0. The Hall–Kier alpha value is -0.660. The fraction of sp³-hybridized carbons (Fsp3) is 0.950. The van der Waals surface area contributed by atoms with Crippen molar-refractivity contribution in [2.75, 3.05) is 0 Å². The third-order valence-electron chi connectivity index (χ3n) is 4.62. The van der Waals surface area contributed by atoms with Crippen LogP contribution in [0.1, 0.15) is 117 Å². The minimum Gasteiger partial charge on any atom is -0.375 e. The lowest BCUT2D eigenvalue weighted by molar-refractivity contribution is -0.212. The highest BCUT2D eigenvalue weighted by atomic mass is 32.2. The third kappa shape index (κ3) is 17.2. The first-order chi connectivity index (χ1) is 12.9. The number of rotatable bonds is 19. The van der Waals surface area contributed by atoms with Crippen LogP contribution in [0.4, 0.5) is 0 Å². The maximum absolute atomic E-state index is 11.4. The van der Waals surface area contributed by atoms with Crippen molar-refractivity contribution in [3.63, 3.8) is 0 Å². The molecule has 0 bridgehead atoms. The second-order valence-electron chi connectivity index (χ2n) is 7.32. The van der Waals surface area contributed by atoms with Gasteiger partial charge in [-0.2, -0.15) is 8.42 Å². The number of hydrogen-bond acceptors (Lipinski definition) is 6. The Morgan fingerprint density at radius 3 is 1.52 bits per heavy atom. The molecule has 0 aromatic rings. The highest BCUT2D eigenvalue weighted by molar-refractivity contribution is 7.87. The lowest BCUT2D eigenvalue weighted by Crippen LogP contribution is -2.21. The predicted octanol–water partition coefficient (Wildman–Crippen LogP) is 5.39. The van der Waals surface area contributed by atoms with Crippen molar-refractivity contribution in [3.8, 4) is 0 Å². The Bertz CT molecular complexity index is 447. The van der Waals surface area contributed by atoms with Crippen molar-refractivity contribution in [1.82, 2.24) is 0 Å². The SMILES string of the molecule is CCCCCCCCCCCCCCCCCC(=O)OOS(=O)(=O)C(C)O. The topological polar surface area (TPSA) is 89.9 Å². The molecule has 1 N–H and O–H groups in total. The number of unbranched alkanes of at least 4 members (excludes halogenated alkanes) is 14. The van der Waals surface area contributed by atoms with E-state index in [1.54, 1.807) is 0 Å². The van der Waals surface area contributed by atoms with Gasteiger partial charge < -0.3 is 5.11 Å². The van der Waals surface area contributed by atoms with Crippen LogP contribution in [0.5, 0.6) is 0 Å². The molecule has 1 unspecified atom stereocenters. The van der Waals surface area contributed by atoms with E-state index in [4.69, 9.17) is 5.11 Å². The molecule has 27 heavy (non-hydrogen) atoms. The van der Waals surface area contributed by atoms with Crippen LogP contribution < -0.4 is 0 Å². The van der Waals surface area contributed by atoms with E-state index in [9.17, 15) is 13.2 Å². The molecule has 1 atom stereocenters. The van der Waals surface area contributed by atoms with Gasteiger partial charge in [0.1, 0.15) is 0 Å². The summed E-state index contributed by atoms with van der Waals surface area (Å²) in [7, 11) is -4.24. The average molecular weight is 409 g/mol. The Labute approximate surface area is 166 Å². The zero-order chi connectivity index (χ0) is 20.4. The maximum atomic E-state index is 11.4. The normalized spacial score (nSPS) is 12.9. The minimum absolute atomic E-state index is 0.119. The Kier molecular flexibility index (Phi) is 17.0. The molecule has 0 amide bonds. The van der Waals surface area contributed by atoms with Crippen molar-refractivity contribution in [2.24, 2.45) is 0 Å². The quantitative estimate of drug-likeness (QED) is 0.175. The Morgan fingerprint density at radius 1 is 0.778 bits per heavy atom. The molecular weight excluding hydrogens is 368 g/mol. The van der Waals surface area contributed by atoms with Crippen LogP contribution in [-0.2, 0) is 24.1 Å². The van der Waals surface area contributed by atoms with Gasteiger partial charge in [-0.15, -0.1) is 0 Å². The lowest BCUT2D eigenvalue weighted by atomic mass is 10.0. The van der Waals surface area contributed by atoms with E-state index in [-0.39, 0.29) is 6.42 Å². The standard InChI is InChI=1S/C20H40O6S/c1-3-4-5-6-7-8-9-10-11-12-13-14-15-16-17-18-20(22)25-26-27(23,24)19(2)21/h19,21H,3-18H2,1-2H3. The van der Waals surface area contributed by atoms with E-state index < -0.39 is 21.5 Å². The summed E-state index contributed by atoms with van der Waals surface area (Å²) in [4.78, 5) is 15.6. The van der Waals surface area contributed by atoms with Crippen molar-refractivity contribution >= 4 is 16.1 Å². The van der Waals surface area contributed by atoms with E-state index in [0.29, 0.717) is 6.42 Å². The number of carbonyl (C=O) groups excluding carboxylic acids is 1. The zero-order valence-corrected chi connectivity index (χ0v) is 18.1. The van der Waals surface area contributed by atoms with Gasteiger partial charge in [-0.3, -0.25) is 4.89 Å². The van der Waals surface area contributed by atoms with Crippen molar-refractivity contribution < 1.29 is 27.5 Å². The molecule has 0 fully saturated rings. The second kappa shape index (κ2) is 17.4. The molecule has 0 aliphatic heterocycles. The number of aliphatic hydroxyl groups excluding tert-OH is 1. The first-order valence-electron chi connectivity index (χ1n) is 10.7. The van der Waals surface area contributed by atoms with Crippen molar-refractivity contribution in [3.05, 3.63) is 0 Å². The minimum atomic E-state index is -4.24. The highest BCUT2D eigenvalue weighted by Crippen LogP contribution is 2.14. The van der Waals surface area contributed by atoms with Crippen LogP contribution in [0.3, 0.4) is 0 Å². The summed E-state index contributed by atoms with van der Waals surface area (Å²) in [6.07, 6.45) is 18.7. The Morgan fingerprint density at radius 2 is 1.15 bits per heavy atom. The van der Waals surface area contributed by atoms with Gasteiger partial charge in [0, 0.05) is 6.42 Å². The molecular formula is C20H40O6S. The molecule has 0 aliphatic carbocycles. The summed E-state index contributed by atoms with van der Waals surface area (Å²) in [5.74, 6) is -0.728. The molecule has 0 radical (unpaired) electrons. The summed E-state index contributed by atoms with van der Waals surface area (Å²) in [5.41, 5.74) is -1.73. The van der Waals surface area contributed by atoms with Gasteiger partial charge in [-0.1, -0.05) is 96.8 Å². The monoisotopic (exact) mass is 408 g/mol. The summed E-state index contributed by atoms with van der Waals surface area (Å²) in [5, 5.41) is 8.91. The van der Waals surface area contributed by atoms with Gasteiger partial charge in [0.05, 0.1) is 0 Å². The molecule has 0 spiro atoms. The van der Waals surface area contributed by atoms with Gasteiger partial charge >= 0.3 is 16.1 Å². The van der Waals surface area contributed by atoms with Gasteiger partial charge in [0.25, 0.3) is 0 Å². The molecule has 0 aromatic heterocycles. The van der Waals surface area contributed by atoms with E-state index in [1.807, 2.05) is 0 Å².